The van der Waals surface area contributed by atoms with Gasteiger partial charge in [0.25, 0.3) is 0 Å². The summed E-state index contributed by atoms with van der Waals surface area (Å²) in [6, 6.07) is 3.75. The molecule has 7 heteroatoms. The van der Waals surface area contributed by atoms with Gasteiger partial charge in [0, 0.05) is 25.7 Å². The van der Waals surface area contributed by atoms with Crippen molar-refractivity contribution in [2.45, 2.75) is 17.9 Å². The number of halogens is 2. The van der Waals surface area contributed by atoms with Gasteiger partial charge in [-0.15, -0.1) is 0 Å². The van der Waals surface area contributed by atoms with Crippen molar-refractivity contribution in [3.05, 3.63) is 28.5 Å². The van der Waals surface area contributed by atoms with Crippen LogP contribution in [-0.4, -0.2) is 38.4 Å². The van der Waals surface area contributed by atoms with E-state index >= 15 is 0 Å². The molecule has 1 aliphatic heterocycles. The number of benzene rings is 1. The highest BCUT2D eigenvalue weighted by Crippen LogP contribution is 2.23. The van der Waals surface area contributed by atoms with Crippen molar-refractivity contribution < 1.29 is 12.8 Å². The van der Waals surface area contributed by atoms with Crippen LogP contribution >= 0.6 is 15.9 Å². The van der Waals surface area contributed by atoms with Gasteiger partial charge in [0.1, 0.15) is 5.82 Å². The lowest BCUT2D eigenvalue weighted by Gasteiger charge is -2.32. The maximum absolute atomic E-state index is 13.4. The van der Waals surface area contributed by atoms with Gasteiger partial charge in [0.2, 0.25) is 10.0 Å². The van der Waals surface area contributed by atoms with E-state index in [1.807, 2.05) is 6.92 Å². The van der Waals surface area contributed by atoms with Crippen LogP contribution in [0.1, 0.15) is 6.92 Å². The van der Waals surface area contributed by atoms with E-state index in [9.17, 15) is 12.8 Å². The van der Waals surface area contributed by atoms with E-state index in [1.54, 1.807) is 0 Å². The number of nitrogens with one attached hydrogen (secondary N) is 1. The Hall–Kier alpha value is -0.500. The maximum Gasteiger partial charge on any atom is 0.243 e. The molecule has 1 fully saturated rings. The second kappa shape index (κ2) is 5.24. The van der Waals surface area contributed by atoms with Gasteiger partial charge in [-0.3, -0.25) is 0 Å². The molecule has 1 atom stereocenters. The van der Waals surface area contributed by atoms with Crippen LogP contribution in [0.15, 0.2) is 27.6 Å². The number of hydrogen-bond acceptors (Lipinski definition) is 3. The van der Waals surface area contributed by atoms with Crippen LogP contribution < -0.4 is 5.32 Å². The van der Waals surface area contributed by atoms with E-state index in [1.165, 1.54) is 16.4 Å². The summed E-state index contributed by atoms with van der Waals surface area (Å²) in [5.41, 5.74) is 0. The molecule has 0 amide bonds. The number of nitrogens with zero attached hydrogens (tertiary/aromatic N) is 1. The molecule has 1 heterocycles. The summed E-state index contributed by atoms with van der Waals surface area (Å²) in [6.07, 6.45) is 0. The van der Waals surface area contributed by atoms with Crippen molar-refractivity contribution in [3.8, 4) is 0 Å². The van der Waals surface area contributed by atoms with Crippen LogP contribution in [0.5, 0.6) is 0 Å². The summed E-state index contributed by atoms with van der Waals surface area (Å²) < 4.78 is 39.9. The number of rotatable bonds is 2. The van der Waals surface area contributed by atoms with Crippen LogP contribution in [0.25, 0.3) is 0 Å². The SMILES string of the molecule is C[C@@H]1CNCCN1S(=O)(=O)c1ccc(Br)c(F)c1. The van der Waals surface area contributed by atoms with Gasteiger partial charge in [-0.25, -0.2) is 12.8 Å². The first kappa shape index (κ1) is 13.9. The van der Waals surface area contributed by atoms with E-state index in [0.29, 0.717) is 19.6 Å². The molecular weight excluding hydrogens is 323 g/mol. The normalized spacial score (nSPS) is 22.1. The quantitative estimate of drug-likeness (QED) is 0.891. The molecule has 0 radical (unpaired) electrons. The Labute approximate surface area is 114 Å². The minimum absolute atomic E-state index is 0.00282. The van der Waals surface area contributed by atoms with Crippen molar-refractivity contribution in [2.24, 2.45) is 0 Å². The van der Waals surface area contributed by atoms with Crippen LogP contribution in [-0.2, 0) is 10.0 Å². The van der Waals surface area contributed by atoms with Gasteiger partial charge < -0.3 is 5.32 Å². The fraction of sp³-hybridized carbons (Fsp3) is 0.455. The van der Waals surface area contributed by atoms with Crippen molar-refractivity contribution in [1.29, 1.82) is 0 Å². The summed E-state index contributed by atoms with van der Waals surface area (Å²) in [5, 5.41) is 3.12. The lowest BCUT2D eigenvalue weighted by Crippen LogP contribution is -2.52. The molecule has 4 nitrogen and oxygen atoms in total. The lowest BCUT2D eigenvalue weighted by atomic mass is 10.3. The van der Waals surface area contributed by atoms with Crippen LogP contribution in [0.4, 0.5) is 4.39 Å². The zero-order chi connectivity index (χ0) is 13.3. The van der Waals surface area contributed by atoms with Crippen molar-refractivity contribution >= 4 is 26.0 Å². The van der Waals surface area contributed by atoms with Crippen molar-refractivity contribution in [2.75, 3.05) is 19.6 Å². The molecule has 1 aromatic rings. The Morgan fingerprint density at radius 2 is 2.22 bits per heavy atom. The molecule has 0 aromatic heterocycles. The molecule has 0 saturated carbocycles. The molecule has 0 bridgehead atoms. The smallest absolute Gasteiger partial charge is 0.243 e. The average Bonchev–Trinajstić information content (AvgIpc) is 2.33. The van der Waals surface area contributed by atoms with Gasteiger partial charge in [-0.2, -0.15) is 4.31 Å². The monoisotopic (exact) mass is 336 g/mol. The maximum atomic E-state index is 13.4. The molecule has 1 saturated heterocycles. The molecule has 2 rings (SSSR count). The van der Waals surface area contributed by atoms with Gasteiger partial charge in [0.05, 0.1) is 9.37 Å². The Kier molecular flexibility index (Phi) is 4.05. The molecule has 1 aliphatic rings. The third-order valence-electron chi connectivity index (χ3n) is 2.94. The van der Waals surface area contributed by atoms with Crippen molar-refractivity contribution in [3.63, 3.8) is 0 Å². The van der Waals surface area contributed by atoms with Gasteiger partial charge in [-0.05, 0) is 41.1 Å². The standard InChI is InChI=1S/C11H14BrFN2O2S/c1-8-7-14-4-5-15(8)18(16,17)9-2-3-10(12)11(13)6-9/h2-3,6,8,14H,4-5,7H2,1H3/t8-/m1/s1. The molecular formula is C11H14BrFN2O2S. The highest BCUT2D eigenvalue weighted by Gasteiger charge is 2.31. The summed E-state index contributed by atoms with van der Waals surface area (Å²) >= 11 is 3.01. The number of sulfonamides is 1. The fourth-order valence-electron chi connectivity index (χ4n) is 1.95. The largest absolute Gasteiger partial charge is 0.314 e. The molecule has 0 unspecified atom stereocenters. The molecule has 1 N–H and O–H groups in total. The van der Waals surface area contributed by atoms with E-state index in [0.717, 1.165) is 6.07 Å². The topological polar surface area (TPSA) is 49.4 Å². The average molecular weight is 337 g/mol. The third-order valence-corrected chi connectivity index (χ3v) is 5.59. The Morgan fingerprint density at radius 3 is 2.83 bits per heavy atom. The summed E-state index contributed by atoms with van der Waals surface area (Å²) in [4.78, 5) is -0.00282. The van der Waals surface area contributed by atoms with Crippen molar-refractivity contribution in [1.82, 2.24) is 9.62 Å². The third kappa shape index (κ3) is 2.59. The molecule has 100 valence electrons. The van der Waals surface area contributed by atoms with E-state index < -0.39 is 15.8 Å². The van der Waals surface area contributed by atoms with Gasteiger partial charge in [-0.1, -0.05) is 0 Å². The highest BCUT2D eigenvalue weighted by atomic mass is 79.9. The van der Waals surface area contributed by atoms with E-state index in [-0.39, 0.29) is 15.4 Å². The predicted octanol–water partition coefficient (Wildman–Crippen LogP) is 1.57. The minimum Gasteiger partial charge on any atom is -0.314 e. The second-order valence-electron chi connectivity index (χ2n) is 4.24. The number of piperazine rings is 1. The summed E-state index contributed by atoms with van der Waals surface area (Å²) in [5.74, 6) is -0.570. The minimum atomic E-state index is -3.62. The molecule has 1 aromatic carbocycles. The lowest BCUT2D eigenvalue weighted by molar-refractivity contribution is 0.283. The predicted molar refractivity (Wildman–Crippen MR) is 70.3 cm³/mol. The fourth-order valence-corrected chi connectivity index (χ4v) is 3.84. The molecule has 0 spiro atoms. The Balaban J connectivity index is 2.37. The first-order valence-electron chi connectivity index (χ1n) is 5.60. The Morgan fingerprint density at radius 1 is 1.50 bits per heavy atom. The molecule has 18 heavy (non-hydrogen) atoms. The Bertz CT molecular complexity index is 550. The second-order valence-corrected chi connectivity index (χ2v) is 6.99. The van der Waals surface area contributed by atoms with Crippen LogP contribution in [0.3, 0.4) is 0 Å². The zero-order valence-electron chi connectivity index (χ0n) is 9.86. The van der Waals surface area contributed by atoms with Gasteiger partial charge in [0.15, 0.2) is 0 Å². The molecule has 0 aliphatic carbocycles. The van der Waals surface area contributed by atoms with E-state index in [2.05, 4.69) is 21.2 Å². The first-order chi connectivity index (χ1) is 8.43. The van der Waals surface area contributed by atoms with Crippen LogP contribution in [0.2, 0.25) is 0 Å². The summed E-state index contributed by atoms with van der Waals surface area (Å²) in [7, 11) is -3.62. The van der Waals surface area contributed by atoms with E-state index in [4.69, 9.17) is 0 Å². The summed E-state index contributed by atoms with van der Waals surface area (Å²) in [6.45, 7) is 3.46. The first-order valence-corrected chi connectivity index (χ1v) is 7.84. The van der Waals surface area contributed by atoms with Crippen LogP contribution in [0, 0.1) is 5.82 Å². The zero-order valence-corrected chi connectivity index (χ0v) is 12.3. The highest BCUT2D eigenvalue weighted by molar-refractivity contribution is 9.10. The number of hydrogen-bond donors (Lipinski definition) is 1. The van der Waals surface area contributed by atoms with Gasteiger partial charge >= 0.3 is 0 Å².